The van der Waals surface area contributed by atoms with Crippen molar-refractivity contribution in [2.75, 3.05) is 6.61 Å². The summed E-state index contributed by atoms with van der Waals surface area (Å²) in [6.07, 6.45) is 1.21. The van der Waals surface area contributed by atoms with Crippen molar-refractivity contribution in [2.24, 2.45) is 0 Å². The first kappa shape index (κ1) is 38.5. The number of hydrogen-bond donors (Lipinski definition) is 0. The molecule has 0 heterocycles. The van der Waals surface area contributed by atoms with Crippen molar-refractivity contribution in [3.05, 3.63) is 84.9 Å². The van der Waals surface area contributed by atoms with Gasteiger partial charge in [-0.25, -0.2) is 3.63 Å². The Morgan fingerprint density at radius 3 is 1.43 bits per heavy atom. The summed E-state index contributed by atoms with van der Waals surface area (Å²) in [5.41, 5.74) is 0. The van der Waals surface area contributed by atoms with Crippen LogP contribution in [0.5, 0.6) is 5.75 Å². The molecule has 3 aromatic rings. The van der Waals surface area contributed by atoms with Crippen molar-refractivity contribution < 1.29 is 56.3 Å². The first-order valence-electron chi connectivity index (χ1n) is 14.8. The molecule has 0 aliphatic carbocycles. The Hall–Kier alpha value is -2.91. The molecule has 4 nitrogen and oxygen atoms in total. The average Bonchev–Trinajstić information content (AvgIpc) is 3.03. The van der Waals surface area contributed by atoms with Crippen molar-refractivity contribution in [1.82, 2.24) is 0 Å². The summed E-state index contributed by atoms with van der Waals surface area (Å²) in [6.45, 7) is 2.46. The van der Waals surface area contributed by atoms with E-state index in [2.05, 4.69) is 6.92 Å². The van der Waals surface area contributed by atoms with E-state index in [0.29, 0.717) is 6.61 Å². The summed E-state index contributed by atoms with van der Waals surface area (Å²) in [7, 11) is -11.3. The van der Waals surface area contributed by atoms with Crippen LogP contribution in [0.2, 0.25) is 0 Å². The van der Waals surface area contributed by atoms with Crippen LogP contribution in [-0.2, 0) is 13.7 Å². The average molecular weight is 719 g/mol. The predicted octanol–water partition coefficient (Wildman–Crippen LogP) is 11.2. The highest BCUT2D eigenvalue weighted by molar-refractivity contribution is 8.33. The van der Waals surface area contributed by atoms with Gasteiger partial charge >= 0.3 is 33.4 Å². The summed E-state index contributed by atoms with van der Waals surface area (Å²) in [4.78, 5) is -0.507. The zero-order valence-electron chi connectivity index (χ0n) is 25.3. The molecule has 0 saturated carbocycles. The number of alkyl halides is 9. The molecule has 15 heteroatoms. The predicted molar refractivity (Wildman–Crippen MR) is 161 cm³/mol. The molecule has 0 aromatic heterocycles. The van der Waals surface area contributed by atoms with E-state index >= 15 is 8.78 Å². The van der Waals surface area contributed by atoms with Gasteiger partial charge in [0, 0.05) is 14.7 Å². The van der Waals surface area contributed by atoms with E-state index in [1.54, 1.807) is 0 Å². The Labute approximate surface area is 269 Å². The van der Waals surface area contributed by atoms with Crippen LogP contribution in [-0.4, -0.2) is 38.3 Å². The largest absolute Gasteiger partial charge is 0.494 e. The van der Waals surface area contributed by atoms with Crippen LogP contribution in [0, 0.1) is 0 Å². The highest BCUT2D eigenvalue weighted by Crippen LogP contribution is 2.71. The molecular formula is C32H35F9O4S2. The van der Waals surface area contributed by atoms with Gasteiger partial charge in [0.2, 0.25) is 0 Å². The van der Waals surface area contributed by atoms with Crippen molar-refractivity contribution in [3.63, 3.8) is 0 Å². The molecule has 0 spiro atoms. The number of benzene rings is 3. The smallest absolute Gasteiger partial charge is 0.460 e. The summed E-state index contributed by atoms with van der Waals surface area (Å²) < 4.78 is 161. The molecule has 262 valence electrons. The fourth-order valence-corrected chi connectivity index (χ4v) is 9.82. The first-order valence-corrected chi connectivity index (χ1v) is 17.7. The third kappa shape index (κ3) is 8.22. The van der Waals surface area contributed by atoms with Crippen molar-refractivity contribution in [3.8, 4) is 5.75 Å². The van der Waals surface area contributed by atoms with Crippen molar-refractivity contribution in [1.29, 1.82) is 0 Å². The molecular weight excluding hydrogens is 683 g/mol. The lowest BCUT2D eigenvalue weighted by Crippen LogP contribution is -2.63. The van der Waals surface area contributed by atoms with Gasteiger partial charge in [-0.3, -0.25) is 0 Å². The van der Waals surface area contributed by atoms with Gasteiger partial charge < -0.3 is 4.74 Å². The van der Waals surface area contributed by atoms with Gasteiger partial charge in [0.05, 0.1) is 6.61 Å². The third-order valence-electron chi connectivity index (χ3n) is 7.19. The molecule has 0 aliphatic heterocycles. The minimum atomic E-state index is -7.46. The van der Waals surface area contributed by atoms with Gasteiger partial charge in [0.25, 0.3) is 0 Å². The van der Waals surface area contributed by atoms with Crippen molar-refractivity contribution in [2.45, 2.75) is 96.3 Å². The molecule has 0 radical (unpaired) electrons. The maximum absolute atomic E-state index is 15.0. The molecule has 0 atom stereocenters. The molecule has 47 heavy (non-hydrogen) atoms. The lowest BCUT2D eigenvalue weighted by molar-refractivity contribution is -0.382. The topological polar surface area (TPSA) is 52.6 Å². The first-order chi connectivity index (χ1) is 22.0. The van der Waals surface area contributed by atoms with Crippen LogP contribution < -0.4 is 4.74 Å². The van der Waals surface area contributed by atoms with Gasteiger partial charge in [-0.1, -0.05) is 88.3 Å². The fraction of sp³-hybridized carbons (Fsp3) is 0.438. The molecule has 0 aliphatic rings. The summed E-state index contributed by atoms with van der Waals surface area (Å²) in [5, 5.41) is -7.04. The van der Waals surface area contributed by atoms with E-state index in [1.165, 1.54) is 97.8 Å². The highest BCUT2D eigenvalue weighted by atomic mass is 32.3. The minimum Gasteiger partial charge on any atom is -0.494 e. The maximum atomic E-state index is 15.0. The highest BCUT2D eigenvalue weighted by Gasteiger charge is 2.86. The van der Waals surface area contributed by atoms with Crippen LogP contribution in [0.25, 0.3) is 0 Å². The Bertz CT molecular complexity index is 1460. The van der Waals surface area contributed by atoms with E-state index in [-0.39, 0.29) is 20.4 Å². The monoisotopic (exact) mass is 718 g/mol. The van der Waals surface area contributed by atoms with Gasteiger partial charge in [-0.2, -0.15) is 47.9 Å². The van der Waals surface area contributed by atoms with E-state index < -0.39 is 43.7 Å². The summed E-state index contributed by atoms with van der Waals surface area (Å²) in [5.74, 6) is -14.6. The fourth-order valence-electron chi connectivity index (χ4n) is 4.60. The minimum absolute atomic E-state index is 0.163. The molecule has 0 N–H and O–H groups in total. The van der Waals surface area contributed by atoms with Gasteiger partial charge in [0.15, 0.2) is 0 Å². The van der Waals surface area contributed by atoms with Gasteiger partial charge in [-0.05, 0) is 65.3 Å². The standard InChI is InChI=1S/C32H35F9O4S2/c1-2-3-4-5-6-7-8-15-24-44-25-20-22-28(23-21-25)46(26-16-11-9-12-17-26,27-18-13-10-14-19-27)45-47(42,43)32(40,41)30(35,36)29(33,34)31(37,38)39/h9-14,16-23H,2-8,15,24H2,1H3. The SMILES string of the molecule is CCCCCCCCCCOc1ccc(S(OS(=O)(=O)C(F)(F)C(F)(F)C(F)(F)C(F)(F)F)(c2ccccc2)c2ccccc2)cc1. The second-order valence-electron chi connectivity index (χ2n) is 10.7. The van der Waals surface area contributed by atoms with Crippen molar-refractivity contribution >= 4 is 20.4 Å². The number of halogens is 9. The maximum Gasteiger partial charge on any atom is 0.460 e. The van der Waals surface area contributed by atoms with Gasteiger partial charge in [-0.15, -0.1) is 0 Å². The molecule has 0 bridgehead atoms. The molecule has 0 amide bonds. The zero-order chi connectivity index (χ0) is 35.0. The van der Waals surface area contributed by atoms with Crippen LogP contribution in [0.4, 0.5) is 39.5 Å². The number of rotatable bonds is 18. The van der Waals surface area contributed by atoms with Crippen LogP contribution in [0.3, 0.4) is 0 Å². The zero-order valence-corrected chi connectivity index (χ0v) is 26.9. The van der Waals surface area contributed by atoms with Crippen LogP contribution >= 0.6 is 10.3 Å². The molecule has 0 fully saturated rings. The summed E-state index contributed by atoms with van der Waals surface area (Å²) in [6, 6.07) is 18.4. The second kappa shape index (κ2) is 15.5. The molecule has 3 aromatic carbocycles. The van der Waals surface area contributed by atoms with E-state index in [0.717, 1.165) is 38.5 Å². The van der Waals surface area contributed by atoms with Crippen LogP contribution in [0.1, 0.15) is 58.3 Å². The molecule has 0 saturated heterocycles. The van der Waals surface area contributed by atoms with Gasteiger partial charge in [0.1, 0.15) is 5.75 Å². The Morgan fingerprint density at radius 1 is 0.553 bits per heavy atom. The Balaban J connectivity index is 2.02. The Morgan fingerprint density at radius 2 is 0.979 bits per heavy atom. The molecule has 0 unspecified atom stereocenters. The lowest BCUT2D eigenvalue weighted by atomic mass is 10.1. The van der Waals surface area contributed by atoms with E-state index in [9.17, 15) is 39.2 Å². The quantitative estimate of drug-likeness (QED) is 0.0971. The van der Waals surface area contributed by atoms with Crippen LogP contribution in [0.15, 0.2) is 99.6 Å². The third-order valence-corrected chi connectivity index (χ3v) is 12.4. The normalized spacial score (nSPS) is 13.8. The summed E-state index contributed by atoms with van der Waals surface area (Å²) >= 11 is 0. The van der Waals surface area contributed by atoms with E-state index in [4.69, 9.17) is 8.37 Å². The second-order valence-corrected chi connectivity index (χ2v) is 15.2. The number of hydrogen-bond acceptors (Lipinski definition) is 4. The van der Waals surface area contributed by atoms with E-state index in [1.807, 2.05) is 0 Å². The Kier molecular flexibility index (Phi) is 12.7. The number of unbranched alkanes of at least 4 members (excludes halogenated alkanes) is 7. The molecule has 3 rings (SSSR count). The lowest BCUT2D eigenvalue weighted by Gasteiger charge is -2.41. The number of ether oxygens (including phenoxy) is 1.